The van der Waals surface area contributed by atoms with Crippen molar-refractivity contribution in [1.82, 2.24) is 10.2 Å². The Kier molecular flexibility index (Phi) is 6.80. The molecule has 1 aliphatic rings. The van der Waals surface area contributed by atoms with Gasteiger partial charge in [-0.15, -0.1) is 0 Å². The standard InChI is InChI=1S/C13H25N3O3/c1-10-5-7-16(8-11(10)14)9-12(17)15-6-3-4-13(18)19-2/h10-11H,3-9,14H2,1-2H3,(H,15,17). The van der Waals surface area contributed by atoms with Crippen LogP contribution in [0.4, 0.5) is 0 Å². The monoisotopic (exact) mass is 271 g/mol. The summed E-state index contributed by atoms with van der Waals surface area (Å²) in [6.45, 7) is 4.74. The van der Waals surface area contributed by atoms with Crippen molar-refractivity contribution in [2.24, 2.45) is 11.7 Å². The summed E-state index contributed by atoms with van der Waals surface area (Å²) in [5, 5.41) is 2.81. The van der Waals surface area contributed by atoms with Crippen LogP contribution in [0, 0.1) is 5.92 Å². The van der Waals surface area contributed by atoms with Crippen molar-refractivity contribution in [2.75, 3.05) is 33.3 Å². The number of amides is 1. The third kappa shape index (κ3) is 6.02. The fourth-order valence-corrected chi connectivity index (χ4v) is 2.13. The van der Waals surface area contributed by atoms with Gasteiger partial charge in [0.05, 0.1) is 13.7 Å². The number of methoxy groups -OCH3 is 1. The van der Waals surface area contributed by atoms with Crippen LogP contribution in [0.2, 0.25) is 0 Å². The lowest BCUT2D eigenvalue weighted by molar-refractivity contribution is -0.140. The van der Waals surface area contributed by atoms with Crippen LogP contribution in [-0.2, 0) is 14.3 Å². The van der Waals surface area contributed by atoms with E-state index in [2.05, 4.69) is 21.9 Å². The Morgan fingerprint density at radius 3 is 2.84 bits per heavy atom. The Hall–Kier alpha value is -1.14. The highest BCUT2D eigenvalue weighted by atomic mass is 16.5. The minimum atomic E-state index is -0.245. The van der Waals surface area contributed by atoms with E-state index in [9.17, 15) is 9.59 Å². The number of rotatable bonds is 6. The normalized spacial score (nSPS) is 23.9. The van der Waals surface area contributed by atoms with Crippen LogP contribution in [0.3, 0.4) is 0 Å². The fourth-order valence-electron chi connectivity index (χ4n) is 2.13. The molecule has 1 fully saturated rings. The molecule has 1 rings (SSSR count). The number of carbonyl (C=O) groups excluding carboxylic acids is 2. The predicted molar refractivity (Wildman–Crippen MR) is 72.5 cm³/mol. The number of nitrogens with zero attached hydrogens (tertiary/aromatic N) is 1. The molecular weight excluding hydrogens is 246 g/mol. The third-order valence-electron chi connectivity index (χ3n) is 3.58. The molecule has 3 N–H and O–H groups in total. The molecular formula is C13H25N3O3. The maximum absolute atomic E-state index is 11.7. The average molecular weight is 271 g/mol. The summed E-state index contributed by atoms with van der Waals surface area (Å²) in [5.41, 5.74) is 5.99. The van der Waals surface area contributed by atoms with Gasteiger partial charge in [-0.3, -0.25) is 14.5 Å². The Balaban J connectivity index is 2.12. The molecule has 1 aliphatic heterocycles. The van der Waals surface area contributed by atoms with E-state index in [0.29, 0.717) is 31.8 Å². The van der Waals surface area contributed by atoms with Crippen molar-refractivity contribution in [2.45, 2.75) is 32.2 Å². The van der Waals surface area contributed by atoms with E-state index in [0.717, 1.165) is 19.5 Å². The molecule has 0 bridgehead atoms. The van der Waals surface area contributed by atoms with Gasteiger partial charge >= 0.3 is 5.97 Å². The quantitative estimate of drug-likeness (QED) is 0.513. The van der Waals surface area contributed by atoms with Gasteiger partial charge in [0.15, 0.2) is 0 Å². The second-order valence-electron chi connectivity index (χ2n) is 5.19. The van der Waals surface area contributed by atoms with E-state index in [-0.39, 0.29) is 17.9 Å². The van der Waals surface area contributed by atoms with Crippen LogP contribution in [0.25, 0.3) is 0 Å². The number of piperidine rings is 1. The topological polar surface area (TPSA) is 84.7 Å². The Labute approximate surface area is 114 Å². The second-order valence-corrected chi connectivity index (χ2v) is 5.19. The number of nitrogens with two attached hydrogens (primary N) is 1. The van der Waals surface area contributed by atoms with Crippen molar-refractivity contribution in [3.63, 3.8) is 0 Å². The lowest BCUT2D eigenvalue weighted by Gasteiger charge is -2.34. The smallest absolute Gasteiger partial charge is 0.305 e. The summed E-state index contributed by atoms with van der Waals surface area (Å²) in [6, 6.07) is 0.154. The van der Waals surface area contributed by atoms with E-state index in [1.165, 1.54) is 7.11 Å². The average Bonchev–Trinajstić information content (AvgIpc) is 2.38. The van der Waals surface area contributed by atoms with Crippen LogP contribution in [0.1, 0.15) is 26.2 Å². The highest BCUT2D eigenvalue weighted by molar-refractivity contribution is 5.78. The summed E-state index contributed by atoms with van der Waals surface area (Å²) in [4.78, 5) is 24.7. The zero-order chi connectivity index (χ0) is 14.3. The van der Waals surface area contributed by atoms with Gasteiger partial charge in [-0.05, 0) is 25.3 Å². The van der Waals surface area contributed by atoms with E-state index >= 15 is 0 Å². The van der Waals surface area contributed by atoms with Crippen LogP contribution < -0.4 is 11.1 Å². The van der Waals surface area contributed by atoms with Crippen molar-refractivity contribution < 1.29 is 14.3 Å². The zero-order valence-electron chi connectivity index (χ0n) is 11.9. The lowest BCUT2D eigenvalue weighted by Crippen LogP contribution is -2.50. The molecule has 110 valence electrons. The molecule has 6 heteroatoms. The molecule has 0 aromatic rings. The van der Waals surface area contributed by atoms with E-state index in [1.807, 2.05) is 0 Å². The largest absolute Gasteiger partial charge is 0.469 e. The Morgan fingerprint density at radius 1 is 1.47 bits per heavy atom. The van der Waals surface area contributed by atoms with Gasteiger partial charge in [0.2, 0.25) is 5.91 Å². The van der Waals surface area contributed by atoms with Crippen molar-refractivity contribution >= 4 is 11.9 Å². The number of hydrogen-bond donors (Lipinski definition) is 2. The Morgan fingerprint density at radius 2 is 2.21 bits per heavy atom. The summed E-state index contributed by atoms with van der Waals surface area (Å²) >= 11 is 0. The van der Waals surface area contributed by atoms with Crippen molar-refractivity contribution in [1.29, 1.82) is 0 Å². The first kappa shape index (κ1) is 15.9. The number of likely N-dealkylation sites (tertiary alicyclic amines) is 1. The highest BCUT2D eigenvalue weighted by Gasteiger charge is 2.24. The molecule has 0 aromatic heterocycles. The maximum Gasteiger partial charge on any atom is 0.305 e. The molecule has 1 saturated heterocycles. The number of esters is 1. The van der Waals surface area contributed by atoms with Crippen LogP contribution in [-0.4, -0.2) is 56.1 Å². The molecule has 0 aromatic carbocycles. The summed E-state index contributed by atoms with van der Waals surface area (Å²) in [5.74, 6) is 0.274. The summed E-state index contributed by atoms with van der Waals surface area (Å²) in [7, 11) is 1.36. The Bertz CT molecular complexity index is 310. The number of ether oxygens (including phenoxy) is 1. The van der Waals surface area contributed by atoms with E-state index in [4.69, 9.17) is 5.73 Å². The number of nitrogens with one attached hydrogen (secondary N) is 1. The first-order chi connectivity index (χ1) is 9.02. The van der Waals surface area contributed by atoms with Gasteiger partial charge in [-0.2, -0.15) is 0 Å². The van der Waals surface area contributed by atoms with E-state index < -0.39 is 0 Å². The summed E-state index contributed by atoms with van der Waals surface area (Å²) < 4.78 is 4.53. The van der Waals surface area contributed by atoms with E-state index in [1.54, 1.807) is 0 Å². The second kappa shape index (κ2) is 8.12. The highest BCUT2D eigenvalue weighted by Crippen LogP contribution is 2.14. The molecule has 0 spiro atoms. The molecule has 1 heterocycles. The molecule has 2 unspecified atom stereocenters. The van der Waals surface area contributed by atoms with Crippen LogP contribution >= 0.6 is 0 Å². The third-order valence-corrected chi connectivity index (χ3v) is 3.58. The zero-order valence-corrected chi connectivity index (χ0v) is 11.9. The first-order valence-corrected chi connectivity index (χ1v) is 6.84. The maximum atomic E-state index is 11.7. The molecule has 1 amide bonds. The fraction of sp³-hybridized carbons (Fsp3) is 0.846. The van der Waals surface area contributed by atoms with Gasteiger partial charge in [-0.1, -0.05) is 6.92 Å². The van der Waals surface area contributed by atoms with Gasteiger partial charge in [0.1, 0.15) is 0 Å². The lowest BCUT2D eigenvalue weighted by atomic mass is 9.94. The molecule has 2 atom stereocenters. The first-order valence-electron chi connectivity index (χ1n) is 6.84. The minimum absolute atomic E-state index is 0.00776. The van der Waals surface area contributed by atoms with Gasteiger partial charge in [-0.25, -0.2) is 0 Å². The summed E-state index contributed by atoms with van der Waals surface area (Å²) in [6.07, 6.45) is 1.98. The number of hydrogen-bond acceptors (Lipinski definition) is 5. The molecule has 0 radical (unpaired) electrons. The SMILES string of the molecule is COC(=O)CCCNC(=O)CN1CCC(C)C(N)C1. The van der Waals surface area contributed by atoms with Crippen molar-refractivity contribution in [3.05, 3.63) is 0 Å². The van der Waals surface area contributed by atoms with Crippen LogP contribution in [0.15, 0.2) is 0 Å². The molecule has 0 aliphatic carbocycles. The minimum Gasteiger partial charge on any atom is -0.469 e. The molecule has 0 saturated carbocycles. The molecule has 19 heavy (non-hydrogen) atoms. The van der Waals surface area contributed by atoms with Gasteiger partial charge in [0.25, 0.3) is 0 Å². The molecule has 6 nitrogen and oxygen atoms in total. The van der Waals surface area contributed by atoms with Crippen molar-refractivity contribution in [3.8, 4) is 0 Å². The van der Waals surface area contributed by atoms with Gasteiger partial charge < -0.3 is 15.8 Å². The van der Waals surface area contributed by atoms with Crippen LogP contribution in [0.5, 0.6) is 0 Å². The number of carbonyl (C=O) groups is 2. The predicted octanol–water partition coefficient (Wildman–Crippen LogP) is -0.275. The van der Waals surface area contributed by atoms with Gasteiger partial charge in [0, 0.05) is 25.6 Å².